The zero-order valence-corrected chi connectivity index (χ0v) is 20.2. The van der Waals surface area contributed by atoms with Crippen LogP contribution in [0.25, 0.3) is 11.4 Å². The molecule has 33 heavy (non-hydrogen) atoms. The molecule has 174 valence electrons. The van der Waals surface area contributed by atoms with Crippen LogP contribution in [0.15, 0.2) is 48.5 Å². The molecule has 1 heterocycles. The van der Waals surface area contributed by atoms with Gasteiger partial charge in [-0.1, -0.05) is 55.0 Å². The van der Waals surface area contributed by atoms with Gasteiger partial charge in [-0.15, -0.1) is 10.2 Å². The first kappa shape index (κ1) is 24.1. The van der Waals surface area contributed by atoms with Crippen molar-refractivity contribution in [3.63, 3.8) is 0 Å². The second kappa shape index (κ2) is 9.94. The summed E-state index contributed by atoms with van der Waals surface area (Å²) in [5.74, 6) is -0.0377. The molecule has 3 aromatic rings. The Morgan fingerprint density at radius 2 is 1.73 bits per heavy atom. The van der Waals surface area contributed by atoms with Gasteiger partial charge in [0.25, 0.3) is 5.91 Å². The molecule has 1 N–H and O–H groups in total. The fraction of sp³-hybridized carbons (Fsp3) is 0.400. The van der Waals surface area contributed by atoms with Crippen LogP contribution in [0.1, 0.15) is 45.2 Å². The molecule has 0 fully saturated rings. The van der Waals surface area contributed by atoms with E-state index in [4.69, 9.17) is 0 Å². The van der Waals surface area contributed by atoms with E-state index >= 15 is 0 Å². The van der Waals surface area contributed by atoms with Crippen LogP contribution < -0.4 is 10.2 Å². The van der Waals surface area contributed by atoms with Crippen molar-refractivity contribution in [2.45, 2.75) is 66.1 Å². The number of carbonyl (C=O) groups excluding carboxylic acids is 2. The molecule has 0 saturated heterocycles. The minimum absolute atomic E-state index is 0.132. The van der Waals surface area contributed by atoms with Crippen LogP contribution in [0.3, 0.4) is 0 Å². The summed E-state index contributed by atoms with van der Waals surface area (Å²) in [5.41, 5.74) is 3.14. The first-order chi connectivity index (χ1) is 15.6. The highest BCUT2D eigenvalue weighted by Gasteiger charge is 2.32. The molecule has 0 aliphatic carbocycles. The first-order valence-corrected chi connectivity index (χ1v) is 11.1. The SMILES string of the molecule is CCC(C(=O)NC(C)(C)C)N(C(=O)Cn1nnc(-c2ccc(C)cc2)n1)c1ccccc1C. The van der Waals surface area contributed by atoms with Crippen molar-refractivity contribution in [3.05, 3.63) is 59.7 Å². The number of nitrogens with zero attached hydrogens (tertiary/aromatic N) is 5. The van der Waals surface area contributed by atoms with Gasteiger partial charge in [-0.25, -0.2) is 0 Å². The summed E-state index contributed by atoms with van der Waals surface area (Å²) >= 11 is 0. The number of anilines is 1. The van der Waals surface area contributed by atoms with Crippen LogP contribution >= 0.6 is 0 Å². The third-order valence-corrected chi connectivity index (χ3v) is 5.18. The molecule has 8 nitrogen and oxygen atoms in total. The molecule has 0 aliphatic heterocycles. The largest absolute Gasteiger partial charge is 0.350 e. The van der Waals surface area contributed by atoms with Crippen molar-refractivity contribution in [2.75, 3.05) is 4.90 Å². The van der Waals surface area contributed by atoms with E-state index in [-0.39, 0.29) is 18.4 Å². The Bertz CT molecular complexity index is 1110. The van der Waals surface area contributed by atoms with Crippen molar-refractivity contribution >= 4 is 17.5 Å². The van der Waals surface area contributed by atoms with E-state index < -0.39 is 11.6 Å². The van der Waals surface area contributed by atoms with Gasteiger partial charge in [-0.3, -0.25) is 14.5 Å². The van der Waals surface area contributed by atoms with Gasteiger partial charge < -0.3 is 5.32 Å². The molecular weight excluding hydrogens is 416 g/mol. The number of hydrogen-bond donors (Lipinski definition) is 1. The summed E-state index contributed by atoms with van der Waals surface area (Å²) < 4.78 is 0. The van der Waals surface area contributed by atoms with Crippen LogP contribution in [-0.4, -0.2) is 43.6 Å². The topological polar surface area (TPSA) is 93.0 Å². The van der Waals surface area contributed by atoms with E-state index in [9.17, 15) is 9.59 Å². The second-order valence-electron chi connectivity index (χ2n) is 9.22. The number of benzene rings is 2. The molecule has 2 aromatic carbocycles. The van der Waals surface area contributed by atoms with Crippen molar-refractivity contribution in [3.8, 4) is 11.4 Å². The summed E-state index contributed by atoms with van der Waals surface area (Å²) in [4.78, 5) is 29.5. The number of aryl methyl sites for hydroxylation is 2. The molecule has 1 unspecified atom stereocenters. The van der Waals surface area contributed by atoms with Gasteiger partial charge >= 0.3 is 0 Å². The van der Waals surface area contributed by atoms with Crippen LogP contribution in [0.4, 0.5) is 5.69 Å². The lowest BCUT2D eigenvalue weighted by Gasteiger charge is -2.33. The van der Waals surface area contributed by atoms with Crippen molar-refractivity contribution < 1.29 is 9.59 Å². The number of amides is 2. The Balaban J connectivity index is 1.90. The van der Waals surface area contributed by atoms with Crippen LogP contribution in [-0.2, 0) is 16.1 Å². The third kappa shape index (κ3) is 6.03. The van der Waals surface area contributed by atoms with Gasteiger partial charge in [0.05, 0.1) is 0 Å². The zero-order valence-electron chi connectivity index (χ0n) is 20.2. The highest BCUT2D eigenvalue weighted by atomic mass is 16.2. The predicted octanol–water partition coefficient (Wildman–Crippen LogP) is 3.68. The Morgan fingerprint density at radius 1 is 1.06 bits per heavy atom. The molecule has 0 saturated carbocycles. The highest BCUT2D eigenvalue weighted by molar-refractivity contribution is 6.01. The lowest BCUT2D eigenvalue weighted by Crippen LogP contribution is -2.54. The quantitative estimate of drug-likeness (QED) is 0.595. The zero-order chi connectivity index (χ0) is 24.2. The Kier molecular flexibility index (Phi) is 7.26. The molecule has 8 heteroatoms. The summed E-state index contributed by atoms with van der Waals surface area (Å²) in [6.45, 7) is 11.5. The molecule has 2 amide bonds. The second-order valence-corrected chi connectivity index (χ2v) is 9.22. The molecule has 0 bridgehead atoms. The van der Waals surface area contributed by atoms with Crippen molar-refractivity contribution in [1.82, 2.24) is 25.5 Å². The third-order valence-electron chi connectivity index (χ3n) is 5.18. The van der Waals surface area contributed by atoms with Gasteiger partial charge in [0.2, 0.25) is 11.7 Å². The monoisotopic (exact) mass is 448 g/mol. The lowest BCUT2D eigenvalue weighted by molar-refractivity contribution is -0.128. The molecule has 0 radical (unpaired) electrons. The van der Waals surface area contributed by atoms with E-state index in [1.807, 2.05) is 90.1 Å². The fourth-order valence-electron chi connectivity index (χ4n) is 3.57. The van der Waals surface area contributed by atoms with Crippen LogP contribution in [0, 0.1) is 13.8 Å². The lowest BCUT2D eigenvalue weighted by atomic mass is 10.0. The average Bonchev–Trinajstić information content (AvgIpc) is 3.20. The smallest absolute Gasteiger partial charge is 0.251 e. The molecule has 0 spiro atoms. The maximum absolute atomic E-state index is 13.5. The summed E-state index contributed by atoms with van der Waals surface area (Å²) in [6, 6.07) is 14.7. The summed E-state index contributed by atoms with van der Waals surface area (Å²) in [5, 5.41) is 15.6. The number of carbonyl (C=O) groups is 2. The van der Waals surface area contributed by atoms with E-state index in [0.29, 0.717) is 17.9 Å². The molecular formula is C25H32N6O2. The minimum atomic E-state index is -0.669. The van der Waals surface area contributed by atoms with Gasteiger partial charge in [0.1, 0.15) is 12.6 Å². The van der Waals surface area contributed by atoms with Crippen LogP contribution in [0.2, 0.25) is 0 Å². The summed E-state index contributed by atoms with van der Waals surface area (Å²) in [7, 11) is 0. The molecule has 3 rings (SSSR count). The Hall–Kier alpha value is -3.55. The maximum atomic E-state index is 13.5. The van der Waals surface area contributed by atoms with Gasteiger partial charge in [0.15, 0.2) is 0 Å². The Labute approximate surface area is 195 Å². The summed E-state index contributed by atoms with van der Waals surface area (Å²) in [6.07, 6.45) is 0.460. The molecule has 0 aliphatic rings. The van der Waals surface area contributed by atoms with E-state index in [2.05, 4.69) is 20.7 Å². The number of aromatic nitrogens is 4. The van der Waals surface area contributed by atoms with Gasteiger partial charge in [0, 0.05) is 16.8 Å². The van der Waals surface area contributed by atoms with Crippen LogP contribution in [0.5, 0.6) is 0 Å². The van der Waals surface area contributed by atoms with Crippen molar-refractivity contribution in [1.29, 1.82) is 0 Å². The highest BCUT2D eigenvalue weighted by Crippen LogP contribution is 2.24. The number of rotatable bonds is 7. The van der Waals surface area contributed by atoms with E-state index in [1.165, 1.54) is 4.80 Å². The van der Waals surface area contributed by atoms with Gasteiger partial charge in [-0.05, 0) is 57.9 Å². The normalized spacial score (nSPS) is 12.3. The fourth-order valence-corrected chi connectivity index (χ4v) is 3.57. The number of para-hydroxylation sites is 1. The molecule has 1 aromatic heterocycles. The molecule has 1 atom stereocenters. The number of tetrazole rings is 1. The Morgan fingerprint density at radius 3 is 2.33 bits per heavy atom. The van der Waals surface area contributed by atoms with Gasteiger partial charge in [-0.2, -0.15) is 4.80 Å². The standard InChI is InChI=1S/C25H32N6O2/c1-7-20(24(33)26-25(4,5)6)31(21-11-9-8-10-18(21)3)22(32)16-30-28-23(27-29-30)19-14-12-17(2)13-15-19/h8-15,20H,7,16H2,1-6H3,(H,26,33). The predicted molar refractivity (Wildman–Crippen MR) is 129 cm³/mol. The van der Waals surface area contributed by atoms with E-state index in [0.717, 1.165) is 16.7 Å². The first-order valence-electron chi connectivity index (χ1n) is 11.1. The maximum Gasteiger partial charge on any atom is 0.251 e. The number of nitrogens with one attached hydrogen (secondary N) is 1. The number of hydrogen-bond acceptors (Lipinski definition) is 5. The van der Waals surface area contributed by atoms with E-state index in [1.54, 1.807) is 4.90 Å². The van der Waals surface area contributed by atoms with Crippen molar-refractivity contribution in [2.24, 2.45) is 0 Å². The average molecular weight is 449 g/mol. The minimum Gasteiger partial charge on any atom is -0.350 e.